The van der Waals surface area contributed by atoms with E-state index in [4.69, 9.17) is 0 Å². The normalized spacial score (nSPS) is 7.20. The number of halogens is 3. The summed E-state index contributed by atoms with van der Waals surface area (Å²) >= 11 is 0. The van der Waals surface area contributed by atoms with Crippen LogP contribution in [0.2, 0.25) is 0 Å². The molecule has 0 spiro atoms. The maximum absolute atomic E-state index is 9.58. The molecule has 0 aliphatic rings. The van der Waals surface area contributed by atoms with Crippen LogP contribution in [0.3, 0.4) is 0 Å². The molecule has 0 heterocycles. The first-order valence-electron chi connectivity index (χ1n) is 0.567. The monoisotopic (exact) mass is 109 g/mol. The van der Waals surface area contributed by atoms with Crippen molar-refractivity contribution < 1.29 is 13.2 Å². The van der Waals surface area contributed by atoms with E-state index in [9.17, 15) is 13.2 Å². The molecule has 0 atom stereocenters. The molecule has 0 rings (SSSR count). The summed E-state index contributed by atoms with van der Waals surface area (Å²) in [5, 5.41) is 0. The van der Waals surface area contributed by atoms with E-state index in [1.54, 1.807) is 0 Å². The standard InChI is InChI=1S/CF3.K.H/c2-1(3)4;;. The van der Waals surface area contributed by atoms with Crippen LogP contribution in [0.4, 0.5) is 13.2 Å². The third-order valence-electron chi connectivity index (χ3n) is 0. The quantitative estimate of drug-likeness (QED) is 0.401. The van der Waals surface area contributed by atoms with Crippen molar-refractivity contribution in [2.75, 3.05) is 0 Å². The molecule has 0 N–H and O–H groups in total. The van der Waals surface area contributed by atoms with E-state index < -0.39 is 6.68 Å². The molecule has 0 aliphatic carbocycles. The van der Waals surface area contributed by atoms with E-state index >= 15 is 0 Å². The van der Waals surface area contributed by atoms with E-state index in [1.807, 2.05) is 0 Å². The Morgan fingerprint density at radius 3 is 1.00 bits per heavy atom. The number of rotatable bonds is 0. The summed E-state index contributed by atoms with van der Waals surface area (Å²) in [7, 11) is 0. The average Bonchev–Trinajstić information content (AvgIpc) is 0.811. The molecule has 0 saturated carbocycles. The first kappa shape index (κ1) is 9.66. The molecule has 0 nitrogen and oxygen atoms in total. The first-order chi connectivity index (χ1) is 1.73. The molecule has 0 bridgehead atoms. The molecule has 0 aromatic carbocycles. The van der Waals surface area contributed by atoms with E-state index in [0.29, 0.717) is 0 Å². The molecule has 0 unspecified atom stereocenters. The van der Waals surface area contributed by atoms with E-state index in [1.165, 1.54) is 0 Å². The van der Waals surface area contributed by atoms with Crippen molar-refractivity contribution in [2.24, 2.45) is 0 Å². The van der Waals surface area contributed by atoms with Crippen molar-refractivity contribution in [3.05, 3.63) is 6.68 Å². The summed E-state index contributed by atoms with van der Waals surface area (Å²) in [6, 6.07) is 0. The van der Waals surface area contributed by atoms with Gasteiger partial charge in [-0.25, -0.2) is 0 Å². The van der Waals surface area contributed by atoms with E-state index in [0.717, 1.165) is 0 Å². The van der Waals surface area contributed by atoms with Gasteiger partial charge in [-0.05, 0) is 0 Å². The van der Waals surface area contributed by atoms with Gasteiger partial charge in [-0.1, -0.05) is 0 Å². The van der Waals surface area contributed by atoms with Gasteiger partial charge in [0, 0.05) is 0 Å². The van der Waals surface area contributed by atoms with Gasteiger partial charge in [-0.3, -0.25) is 0 Å². The molecule has 0 fully saturated rings. The second-order valence-electron chi connectivity index (χ2n) is 0.214. The van der Waals surface area contributed by atoms with Crippen molar-refractivity contribution >= 4 is 51.4 Å². The van der Waals surface area contributed by atoms with Gasteiger partial charge in [0.2, 0.25) is 0 Å². The van der Waals surface area contributed by atoms with Gasteiger partial charge in [-0.15, -0.1) is 0 Å². The van der Waals surface area contributed by atoms with Gasteiger partial charge in [0.15, 0.2) is 0 Å². The SMILES string of the molecule is F[C](F)F.[KH]. The van der Waals surface area contributed by atoms with Crippen LogP contribution in [0.5, 0.6) is 0 Å². The predicted octanol–water partition coefficient (Wildman–Crippen LogP) is 0.693. The van der Waals surface area contributed by atoms with Gasteiger partial charge < -0.3 is 0 Å². The van der Waals surface area contributed by atoms with Gasteiger partial charge in [0.25, 0.3) is 0 Å². The van der Waals surface area contributed by atoms with Crippen molar-refractivity contribution in [1.82, 2.24) is 0 Å². The van der Waals surface area contributed by atoms with Crippen LogP contribution < -0.4 is 0 Å². The van der Waals surface area contributed by atoms with Gasteiger partial charge in [0.1, 0.15) is 0 Å². The second kappa shape index (κ2) is 5.43. The van der Waals surface area contributed by atoms with Crippen molar-refractivity contribution in [3.8, 4) is 0 Å². The molecule has 0 aromatic heterocycles. The van der Waals surface area contributed by atoms with Gasteiger partial charge in [-0.2, -0.15) is 13.2 Å². The van der Waals surface area contributed by atoms with Crippen LogP contribution in [0, 0.1) is 6.68 Å². The topological polar surface area (TPSA) is 0 Å². The fourth-order valence-electron chi connectivity index (χ4n) is 0. The zero-order chi connectivity index (χ0) is 3.58. The first-order valence-corrected chi connectivity index (χ1v) is 0.567. The molecular formula is CHF3K. The van der Waals surface area contributed by atoms with Crippen LogP contribution in [-0.2, 0) is 0 Å². The Balaban J connectivity index is 0. The fraction of sp³-hybridized carbons (Fsp3) is 0. The molecule has 5 heavy (non-hydrogen) atoms. The summed E-state index contributed by atoms with van der Waals surface area (Å²) in [6.45, 7) is -3.08. The molecule has 0 saturated heterocycles. The van der Waals surface area contributed by atoms with Crippen molar-refractivity contribution in [3.63, 3.8) is 0 Å². The van der Waals surface area contributed by atoms with E-state index in [-0.39, 0.29) is 51.4 Å². The zero-order valence-corrected chi connectivity index (χ0v) is 1.63. The minimum atomic E-state index is -3.08. The summed E-state index contributed by atoms with van der Waals surface area (Å²) in [6.07, 6.45) is 0. The molecular weight excluding hydrogens is 108 g/mol. The maximum atomic E-state index is 9.58. The molecule has 27 valence electrons. The van der Waals surface area contributed by atoms with Crippen LogP contribution in [0.25, 0.3) is 0 Å². The third-order valence-corrected chi connectivity index (χ3v) is 0. The third kappa shape index (κ3) is 31.3. The Hall–Kier alpha value is 1.43. The Labute approximate surface area is 70.2 Å². The summed E-state index contributed by atoms with van der Waals surface area (Å²) < 4.78 is 28.8. The Morgan fingerprint density at radius 2 is 1.00 bits per heavy atom. The zero-order valence-electron chi connectivity index (χ0n) is 1.63. The minimum absolute atomic E-state index is 0. The van der Waals surface area contributed by atoms with Gasteiger partial charge in [0.05, 0.1) is 0 Å². The summed E-state index contributed by atoms with van der Waals surface area (Å²) in [5.41, 5.74) is 0. The molecule has 4 heteroatoms. The number of hydrogen-bond acceptors (Lipinski definition) is 0. The molecule has 0 aliphatic heterocycles. The van der Waals surface area contributed by atoms with Crippen molar-refractivity contribution in [1.29, 1.82) is 0 Å². The van der Waals surface area contributed by atoms with E-state index in [2.05, 4.69) is 0 Å². The summed E-state index contributed by atoms with van der Waals surface area (Å²) in [5.74, 6) is 0. The molecule has 0 aromatic rings. The molecule has 0 amide bonds. The Morgan fingerprint density at radius 1 is 1.00 bits per heavy atom. The predicted molar refractivity (Wildman–Crippen MR) is 13.7 cm³/mol. The van der Waals surface area contributed by atoms with Crippen molar-refractivity contribution in [2.45, 2.75) is 0 Å². The van der Waals surface area contributed by atoms with Gasteiger partial charge >= 0.3 is 58.1 Å². The Kier molecular flexibility index (Phi) is 10.5. The van der Waals surface area contributed by atoms with Crippen LogP contribution in [0.15, 0.2) is 0 Å². The van der Waals surface area contributed by atoms with Crippen LogP contribution in [0.1, 0.15) is 0 Å². The number of hydrogen-bond donors (Lipinski definition) is 0. The van der Waals surface area contributed by atoms with Crippen LogP contribution >= 0.6 is 0 Å². The second-order valence-corrected chi connectivity index (χ2v) is 0.214. The fourth-order valence-corrected chi connectivity index (χ4v) is 0. The molecule has 1 radical (unpaired) electrons. The van der Waals surface area contributed by atoms with Crippen LogP contribution in [-0.4, -0.2) is 51.4 Å². The average molecular weight is 109 g/mol. The summed E-state index contributed by atoms with van der Waals surface area (Å²) in [4.78, 5) is 0. The Bertz CT molecular complexity index is 11.6.